The molecule has 2 unspecified atom stereocenters. The molecule has 2 atom stereocenters. The summed E-state index contributed by atoms with van der Waals surface area (Å²) in [5, 5.41) is 3.77. The van der Waals surface area contributed by atoms with Crippen molar-refractivity contribution in [3.05, 3.63) is 0 Å². The van der Waals surface area contributed by atoms with Crippen LogP contribution in [0.3, 0.4) is 0 Å². The second-order valence-electron chi connectivity index (χ2n) is 6.42. The van der Waals surface area contributed by atoms with Crippen LogP contribution in [0.5, 0.6) is 0 Å². The van der Waals surface area contributed by atoms with Crippen molar-refractivity contribution in [1.29, 1.82) is 0 Å². The van der Waals surface area contributed by atoms with Crippen molar-refractivity contribution in [2.24, 2.45) is 5.92 Å². The van der Waals surface area contributed by atoms with E-state index in [9.17, 15) is 0 Å². The maximum Gasteiger partial charge on any atom is 0.0223 e. The van der Waals surface area contributed by atoms with Crippen LogP contribution in [-0.4, -0.2) is 62.2 Å². The fourth-order valence-corrected chi connectivity index (χ4v) is 3.11. The third-order valence-electron chi connectivity index (χ3n) is 4.51. The zero-order chi connectivity index (χ0) is 13.0. The Morgan fingerprint density at radius 3 is 2.67 bits per heavy atom. The average molecular weight is 253 g/mol. The quantitative estimate of drug-likeness (QED) is 0.746. The molecular weight excluding hydrogens is 222 g/mol. The van der Waals surface area contributed by atoms with Crippen molar-refractivity contribution in [2.75, 3.05) is 40.3 Å². The molecule has 0 aromatic heterocycles. The molecule has 3 heteroatoms. The second-order valence-corrected chi connectivity index (χ2v) is 6.42. The molecule has 0 amide bonds. The highest BCUT2D eigenvalue weighted by atomic mass is 15.2. The molecule has 0 radical (unpaired) electrons. The molecule has 1 aliphatic heterocycles. The third-order valence-corrected chi connectivity index (χ3v) is 4.51. The van der Waals surface area contributed by atoms with Gasteiger partial charge in [0.1, 0.15) is 0 Å². The van der Waals surface area contributed by atoms with Gasteiger partial charge in [0.25, 0.3) is 0 Å². The Balaban J connectivity index is 1.78. The van der Waals surface area contributed by atoms with Crippen LogP contribution in [-0.2, 0) is 0 Å². The molecule has 0 spiro atoms. The minimum absolute atomic E-state index is 0.755. The van der Waals surface area contributed by atoms with Gasteiger partial charge in [-0.3, -0.25) is 0 Å². The molecule has 106 valence electrons. The van der Waals surface area contributed by atoms with Crippen molar-refractivity contribution >= 4 is 0 Å². The minimum atomic E-state index is 0.755. The van der Waals surface area contributed by atoms with Gasteiger partial charge < -0.3 is 15.1 Å². The fourth-order valence-electron chi connectivity index (χ4n) is 3.11. The van der Waals surface area contributed by atoms with Gasteiger partial charge in [-0.2, -0.15) is 0 Å². The van der Waals surface area contributed by atoms with Crippen molar-refractivity contribution in [3.63, 3.8) is 0 Å². The molecule has 0 aromatic carbocycles. The van der Waals surface area contributed by atoms with Crippen LogP contribution in [0.4, 0.5) is 0 Å². The Morgan fingerprint density at radius 2 is 2.06 bits per heavy atom. The number of likely N-dealkylation sites (N-methyl/N-ethyl adjacent to an activating group) is 1. The molecule has 0 bridgehead atoms. The summed E-state index contributed by atoms with van der Waals surface area (Å²) in [7, 11) is 4.45. The monoisotopic (exact) mass is 253 g/mol. The Labute approximate surface area is 113 Å². The zero-order valence-corrected chi connectivity index (χ0v) is 12.5. The Kier molecular flexibility index (Phi) is 5.46. The summed E-state index contributed by atoms with van der Waals surface area (Å²) >= 11 is 0. The number of piperidine rings is 1. The second kappa shape index (κ2) is 6.88. The van der Waals surface area contributed by atoms with E-state index in [1.165, 1.54) is 58.3 Å². The predicted molar refractivity (Wildman–Crippen MR) is 78.0 cm³/mol. The van der Waals surface area contributed by atoms with E-state index in [4.69, 9.17) is 0 Å². The minimum Gasteiger partial charge on any atom is -0.312 e. The zero-order valence-electron chi connectivity index (χ0n) is 12.5. The lowest BCUT2D eigenvalue weighted by Gasteiger charge is -2.38. The molecule has 3 nitrogen and oxygen atoms in total. The summed E-state index contributed by atoms with van der Waals surface area (Å²) in [5.74, 6) is 0.969. The normalized spacial score (nSPS) is 27.7. The number of hydrogen-bond acceptors (Lipinski definition) is 3. The molecule has 0 aromatic rings. The van der Waals surface area contributed by atoms with Gasteiger partial charge in [0.2, 0.25) is 0 Å². The van der Waals surface area contributed by atoms with Crippen molar-refractivity contribution in [1.82, 2.24) is 15.1 Å². The Bertz CT molecular complexity index is 238. The first-order valence-corrected chi connectivity index (χ1v) is 7.83. The van der Waals surface area contributed by atoms with Crippen LogP contribution >= 0.6 is 0 Å². The van der Waals surface area contributed by atoms with Gasteiger partial charge in [-0.15, -0.1) is 0 Å². The van der Waals surface area contributed by atoms with E-state index in [0.29, 0.717) is 0 Å². The van der Waals surface area contributed by atoms with Gasteiger partial charge in [-0.25, -0.2) is 0 Å². The van der Waals surface area contributed by atoms with E-state index in [1.807, 2.05) is 0 Å². The lowest BCUT2D eigenvalue weighted by molar-refractivity contribution is 0.120. The largest absolute Gasteiger partial charge is 0.312 e. The van der Waals surface area contributed by atoms with Crippen LogP contribution in [0.15, 0.2) is 0 Å². The van der Waals surface area contributed by atoms with Gasteiger partial charge in [-0.1, -0.05) is 6.92 Å². The highest BCUT2D eigenvalue weighted by Crippen LogP contribution is 2.33. The third kappa shape index (κ3) is 4.22. The van der Waals surface area contributed by atoms with Crippen LogP contribution in [0.1, 0.15) is 39.0 Å². The SMILES string of the molecule is CCCNC(CN1CCCC(N(C)C)C1)C1CC1. The number of likely N-dealkylation sites (tertiary alicyclic amines) is 1. The number of hydrogen-bond donors (Lipinski definition) is 1. The topological polar surface area (TPSA) is 18.5 Å². The smallest absolute Gasteiger partial charge is 0.0223 e. The van der Waals surface area contributed by atoms with Crippen LogP contribution in [0.25, 0.3) is 0 Å². The predicted octanol–water partition coefficient (Wildman–Crippen LogP) is 1.79. The molecular formula is C15H31N3. The molecule has 1 aliphatic carbocycles. The van der Waals surface area contributed by atoms with E-state index in [1.54, 1.807) is 0 Å². The van der Waals surface area contributed by atoms with Gasteiger partial charge in [0.05, 0.1) is 0 Å². The first kappa shape index (κ1) is 14.3. The van der Waals surface area contributed by atoms with Crippen molar-refractivity contribution in [2.45, 2.75) is 51.1 Å². The maximum absolute atomic E-state index is 3.77. The van der Waals surface area contributed by atoms with Crippen LogP contribution in [0, 0.1) is 5.92 Å². The summed E-state index contributed by atoms with van der Waals surface area (Å²) in [6.07, 6.45) is 6.90. The molecule has 1 saturated heterocycles. The first-order chi connectivity index (χ1) is 8.70. The summed E-state index contributed by atoms with van der Waals surface area (Å²) in [4.78, 5) is 5.09. The van der Waals surface area contributed by atoms with Crippen LogP contribution in [0.2, 0.25) is 0 Å². The molecule has 1 N–H and O–H groups in total. The summed E-state index contributed by atoms with van der Waals surface area (Å²) in [5.41, 5.74) is 0. The summed E-state index contributed by atoms with van der Waals surface area (Å²) in [6, 6.07) is 1.52. The molecule has 1 heterocycles. The molecule has 2 aliphatic rings. The van der Waals surface area contributed by atoms with Gasteiger partial charge in [0, 0.05) is 25.2 Å². The van der Waals surface area contributed by atoms with Crippen LogP contribution < -0.4 is 5.32 Å². The van der Waals surface area contributed by atoms with E-state index < -0.39 is 0 Å². The Morgan fingerprint density at radius 1 is 1.28 bits per heavy atom. The lowest BCUT2D eigenvalue weighted by Crippen LogP contribution is -2.50. The van der Waals surface area contributed by atoms with Crippen molar-refractivity contribution < 1.29 is 0 Å². The van der Waals surface area contributed by atoms with Gasteiger partial charge in [0.15, 0.2) is 0 Å². The van der Waals surface area contributed by atoms with Crippen molar-refractivity contribution in [3.8, 4) is 0 Å². The van der Waals surface area contributed by atoms with Gasteiger partial charge >= 0.3 is 0 Å². The number of rotatable bonds is 7. The number of nitrogens with zero attached hydrogens (tertiary/aromatic N) is 2. The van der Waals surface area contributed by atoms with E-state index in [2.05, 4.69) is 36.1 Å². The highest BCUT2D eigenvalue weighted by molar-refractivity contribution is 4.90. The van der Waals surface area contributed by atoms with E-state index >= 15 is 0 Å². The highest BCUT2D eigenvalue weighted by Gasteiger charge is 2.33. The van der Waals surface area contributed by atoms with E-state index in [-0.39, 0.29) is 0 Å². The molecule has 2 fully saturated rings. The average Bonchev–Trinajstić information content (AvgIpc) is 3.19. The lowest BCUT2D eigenvalue weighted by atomic mass is 10.0. The summed E-state index contributed by atoms with van der Waals surface area (Å²) in [6.45, 7) is 7.30. The Hall–Kier alpha value is -0.120. The van der Waals surface area contributed by atoms with Gasteiger partial charge in [-0.05, 0) is 65.2 Å². The first-order valence-electron chi connectivity index (χ1n) is 7.83. The fraction of sp³-hybridized carbons (Fsp3) is 1.00. The molecule has 1 saturated carbocycles. The standard InChI is InChI=1S/C15H31N3/c1-4-9-16-15(13-7-8-13)12-18-10-5-6-14(11-18)17(2)3/h13-16H,4-12H2,1-3H3. The molecule has 2 rings (SSSR count). The summed E-state index contributed by atoms with van der Waals surface area (Å²) < 4.78 is 0. The number of nitrogens with one attached hydrogen (secondary N) is 1. The molecule has 18 heavy (non-hydrogen) atoms. The van der Waals surface area contributed by atoms with E-state index in [0.717, 1.165) is 18.0 Å². The maximum atomic E-state index is 3.77.